The van der Waals surface area contributed by atoms with Gasteiger partial charge in [0, 0.05) is 7.05 Å². The van der Waals surface area contributed by atoms with E-state index in [1.54, 1.807) is 11.7 Å². The first-order valence-electron chi connectivity index (χ1n) is 9.86. The lowest BCUT2D eigenvalue weighted by Crippen LogP contribution is -2.34. The number of ether oxygens (including phenoxy) is 1. The van der Waals surface area contributed by atoms with Crippen LogP contribution in [0.4, 0.5) is 5.69 Å². The number of benzene rings is 2. The predicted molar refractivity (Wildman–Crippen MR) is 115 cm³/mol. The van der Waals surface area contributed by atoms with Gasteiger partial charge in [0.1, 0.15) is 11.4 Å². The number of para-hydroxylation sites is 1. The molecule has 152 valence electrons. The fraction of sp³-hybridized carbons (Fsp3) is 0.304. The van der Waals surface area contributed by atoms with E-state index < -0.39 is 6.10 Å². The molecule has 2 aromatic carbocycles. The maximum absolute atomic E-state index is 13.0. The lowest BCUT2D eigenvalue weighted by atomic mass is 10.1. The van der Waals surface area contributed by atoms with Gasteiger partial charge in [-0.15, -0.1) is 0 Å². The lowest BCUT2D eigenvalue weighted by molar-refractivity contribution is -0.122. The van der Waals surface area contributed by atoms with Crippen LogP contribution in [0, 0.1) is 6.92 Å². The van der Waals surface area contributed by atoms with Crippen molar-refractivity contribution in [2.24, 2.45) is 7.05 Å². The fourth-order valence-corrected chi connectivity index (χ4v) is 3.21. The van der Waals surface area contributed by atoms with E-state index in [1.165, 1.54) is 10.2 Å². The first kappa shape index (κ1) is 20.5. The second-order valence-electron chi connectivity index (χ2n) is 6.94. The minimum atomic E-state index is -0.688. The molecule has 6 heteroatoms. The fourth-order valence-electron chi connectivity index (χ4n) is 3.21. The average Bonchev–Trinajstić information content (AvgIpc) is 2.96. The van der Waals surface area contributed by atoms with E-state index in [0.717, 1.165) is 12.1 Å². The minimum Gasteiger partial charge on any atom is -0.481 e. The lowest BCUT2D eigenvalue weighted by Gasteiger charge is -2.17. The van der Waals surface area contributed by atoms with Crippen LogP contribution in [0.5, 0.6) is 5.75 Å². The molecule has 6 nitrogen and oxygen atoms in total. The Bertz CT molecular complexity index is 1030. The minimum absolute atomic E-state index is 0.268. The van der Waals surface area contributed by atoms with Crippen LogP contribution in [0.25, 0.3) is 5.69 Å². The second kappa shape index (κ2) is 8.82. The predicted octanol–water partition coefficient (Wildman–Crippen LogP) is 3.84. The Balaban J connectivity index is 1.82. The molecule has 1 unspecified atom stereocenters. The number of aromatic nitrogens is 2. The van der Waals surface area contributed by atoms with Gasteiger partial charge in [-0.05, 0) is 49.6 Å². The van der Waals surface area contributed by atoms with Crippen LogP contribution in [-0.2, 0) is 18.3 Å². The number of hydrogen-bond acceptors (Lipinski definition) is 3. The maximum Gasteiger partial charge on any atom is 0.295 e. The van der Waals surface area contributed by atoms with Crippen LogP contribution in [-0.4, -0.2) is 21.4 Å². The van der Waals surface area contributed by atoms with Gasteiger partial charge in [0.2, 0.25) is 0 Å². The molecule has 0 saturated carbocycles. The summed E-state index contributed by atoms with van der Waals surface area (Å²) in [6.45, 7) is 5.77. The molecule has 0 radical (unpaired) electrons. The molecule has 0 aliphatic heterocycles. The summed E-state index contributed by atoms with van der Waals surface area (Å²) in [5, 5.41) is 2.79. The Morgan fingerprint density at radius 3 is 2.31 bits per heavy atom. The van der Waals surface area contributed by atoms with Crippen molar-refractivity contribution in [2.75, 3.05) is 5.32 Å². The van der Waals surface area contributed by atoms with Gasteiger partial charge in [-0.2, -0.15) is 0 Å². The normalized spacial score (nSPS) is 11.9. The third-order valence-electron chi connectivity index (χ3n) is 5.08. The zero-order valence-electron chi connectivity index (χ0n) is 17.3. The van der Waals surface area contributed by atoms with Crippen LogP contribution in [0.3, 0.4) is 0 Å². The quantitative estimate of drug-likeness (QED) is 0.663. The largest absolute Gasteiger partial charge is 0.481 e. The molecule has 1 amide bonds. The van der Waals surface area contributed by atoms with Gasteiger partial charge < -0.3 is 10.1 Å². The average molecular weight is 393 g/mol. The van der Waals surface area contributed by atoms with Crippen LogP contribution >= 0.6 is 0 Å². The summed E-state index contributed by atoms with van der Waals surface area (Å²) < 4.78 is 9.14. The molecule has 0 aliphatic carbocycles. The summed E-state index contributed by atoms with van der Waals surface area (Å²) in [5.41, 5.74) is 2.62. The molecule has 1 heterocycles. The van der Waals surface area contributed by atoms with Gasteiger partial charge in [-0.1, -0.05) is 44.2 Å². The Labute approximate surface area is 170 Å². The highest BCUT2D eigenvalue weighted by molar-refractivity contribution is 5.94. The van der Waals surface area contributed by atoms with Crippen molar-refractivity contribution in [1.82, 2.24) is 9.36 Å². The number of nitrogens with zero attached hydrogens (tertiary/aromatic N) is 2. The molecular formula is C23H27N3O3. The summed E-state index contributed by atoms with van der Waals surface area (Å²) >= 11 is 0. The van der Waals surface area contributed by atoms with Crippen molar-refractivity contribution in [2.45, 2.75) is 39.7 Å². The van der Waals surface area contributed by atoms with Crippen LogP contribution in [0.15, 0.2) is 59.4 Å². The summed E-state index contributed by atoms with van der Waals surface area (Å²) in [6.07, 6.45) is 0.741. The number of carbonyl (C=O) groups is 1. The molecule has 0 saturated heterocycles. The third-order valence-corrected chi connectivity index (χ3v) is 5.08. The second-order valence-corrected chi connectivity index (χ2v) is 6.94. The summed E-state index contributed by atoms with van der Waals surface area (Å²) in [5.74, 6) is 0.300. The first-order chi connectivity index (χ1) is 14.0. The number of rotatable bonds is 7. The van der Waals surface area contributed by atoms with Crippen molar-refractivity contribution in [3.05, 3.63) is 76.2 Å². The van der Waals surface area contributed by atoms with E-state index >= 15 is 0 Å². The molecule has 3 rings (SSSR count). The zero-order valence-corrected chi connectivity index (χ0v) is 17.3. The molecule has 1 N–H and O–H groups in total. The van der Waals surface area contributed by atoms with Crippen molar-refractivity contribution in [3.63, 3.8) is 0 Å². The number of hydrogen-bond donors (Lipinski definition) is 1. The van der Waals surface area contributed by atoms with Gasteiger partial charge in [0.25, 0.3) is 11.5 Å². The Morgan fingerprint density at radius 1 is 1.07 bits per heavy atom. The number of anilines is 1. The van der Waals surface area contributed by atoms with Gasteiger partial charge in [0.15, 0.2) is 6.10 Å². The highest BCUT2D eigenvalue weighted by Crippen LogP contribution is 2.18. The number of nitrogens with one attached hydrogen (secondary N) is 1. The molecule has 0 aliphatic rings. The van der Waals surface area contributed by atoms with E-state index in [1.807, 2.05) is 68.4 Å². The molecule has 3 aromatic rings. The summed E-state index contributed by atoms with van der Waals surface area (Å²) in [4.78, 5) is 25.8. The van der Waals surface area contributed by atoms with Gasteiger partial charge >= 0.3 is 0 Å². The molecule has 0 bridgehead atoms. The van der Waals surface area contributed by atoms with E-state index in [-0.39, 0.29) is 17.2 Å². The van der Waals surface area contributed by atoms with Crippen LogP contribution in [0.2, 0.25) is 0 Å². The topological polar surface area (TPSA) is 65.3 Å². The molecule has 29 heavy (non-hydrogen) atoms. The van der Waals surface area contributed by atoms with Gasteiger partial charge in [0.05, 0.1) is 11.4 Å². The van der Waals surface area contributed by atoms with Crippen LogP contribution < -0.4 is 15.6 Å². The number of aryl methyl sites for hydroxylation is 1. The van der Waals surface area contributed by atoms with E-state index in [2.05, 4.69) is 12.2 Å². The van der Waals surface area contributed by atoms with Gasteiger partial charge in [-0.25, -0.2) is 4.68 Å². The number of amides is 1. The highest BCUT2D eigenvalue weighted by Gasteiger charge is 2.23. The third kappa shape index (κ3) is 4.26. The Kier molecular flexibility index (Phi) is 6.22. The van der Waals surface area contributed by atoms with Crippen molar-refractivity contribution >= 4 is 11.6 Å². The van der Waals surface area contributed by atoms with E-state index in [9.17, 15) is 9.59 Å². The van der Waals surface area contributed by atoms with Crippen molar-refractivity contribution in [1.29, 1.82) is 0 Å². The van der Waals surface area contributed by atoms with E-state index in [4.69, 9.17) is 4.74 Å². The standard InChI is InChI=1S/C23H27N3O3/c1-5-17-12-14-19(15-13-17)29-20(6-2)22(27)24-21-16(3)25(4)26(23(21)28)18-10-8-7-9-11-18/h7-15,20H,5-6H2,1-4H3,(H,24,27). The summed E-state index contributed by atoms with van der Waals surface area (Å²) in [7, 11) is 1.79. The molecule has 1 atom stereocenters. The maximum atomic E-state index is 13.0. The van der Waals surface area contributed by atoms with Crippen molar-refractivity contribution in [3.8, 4) is 11.4 Å². The monoisotopic (exact) mass is 393 g/mol. The molecule has 0 spiro atoms. The van der Waals surface area contributed by atoms with Crippen LogP contribution in [0.1, 0.15) is 31.5 Å². The highest BCUT2D eigenvalue weighted by atomic mass is 16.5. The van der Waals surface area contributed by atoms with Crippen molar-refractivity contribution < 1.29 is 9.53 Å². The molecule has 1 aromatic heterocycles. The SMILES string of the molecule is CCc1ccc(OC(CC)C(=O)Nc2c(C)n(C)n(-c3ccccc3)c2=O)cc1. The van der Waals surface area contributed by atoms with Gasteiger partial charge in [-0.3, -0.25) is 14.3 Å². The Hall–Kier alpha value is -3.28. The molecular weight excluding hydrogens is 366 g/mol. The number of carbonyl (C=O) groups excluding carboxylic acids is 1. The zero-order chi connectivity index (χ0) is 21.0. The summed E-state index contributed by atoms with van der Waals surface area (Å²) in [6, 6.07) is 17.0. The Morgan fingerprint density at radius 2 is 1.72 bits per heavy atom. The molecule has 0 fully saturated rings. The first-order valence-corrected chi connectivity index (χ1v) is 9.86. The van der Waals surface area contributed by atoms with E-state index in [0.29, 0.717) is 17.9 Å². The smallest absolute Gasteiger partial charge is 0.295 e.